The molecule has 1 N–H and O–H groups in total. The highest BCUT2D eigenvalue weighted by Crippen LogP contribution is 2.29. The number of carbonyl (C=O) groups is 1. The number of amidine groups is 1. The Morgan fingerprint density at radius 3 is 2.21 bits per heavy atom. The number of esters is 1. The van der Waals surface area contributed by atoms with E-state index < -0.39 is 15.8 Å². The largest absolute Gasteiger partial charge is 0.460 e. The minimum absolute atomic E-state index is 0.118. The summed E-state index contributed by atoms with van der Waals surface area (Å²) < 4.78 is 4.92. The normalized spacial score (nSPS) is 13.0. The molecule has 0 fully saturated rings. The molecule has 12 nitrogen and oxygen atoms in total. The lowest BCUT2D eigenvalue weighted by atomic mass is 10.2. The van der Waals surface area contributed by atoms with Crippen LogP contribution < -0.4 is 15.7 Å². The zero-order valence-electron chi connectivity index (χ0n) is 14.5. The summed E-state index contributed by atoms with van der Waals surface area (Å²) in [5.41, 5.74) is 2.87. The Morgan fingerprint density at radius 2 is 1.64 bits per heavy atom. The highest BCUT2D eigenvalue weighted by atomic mass is 16.6. The van der Waals surface area contributed by atoms with Crippen molar-refractivity contribution in [2.24, 2.45) is 5.10 Å². The van der Waals surface area contributed by atoms with E-state index in [-0.39, 0.29) is 35.2 Å². The van der Waals surface area contributed by atoms with Gasteiger partial charge in [-0.15, -0.1) is 5.10 Å². The number of rotatable bonds is 6. The highest BCUT2D eigenvalue weighted by Gasteiger charge is 2.31. The Hall–Kier alpha value is -4.22. The summed E-state index contributed by atoms with van der Waals surface area (Å²) >= 11 is 0. The molecule has 1 aliphatic heterocycles. The summed E-state index contributed by atoms with van der Waals surface area (Å²) in [5, 5.41) is 28.7. The third-order valence-electron chi connectivity index (χ3n) is 3.62. The Labute approximate surface area is 157 Å². The summed E-state index contributed by atoms with van der Waals surface area (Å²) in [6.45, 7) is 1.75. The van der Waals surface area contributed by atoms with Gasteiger partial charge in [0, 0.05) is 24.3 Å². The predicted octanol–water partition coefficient (Wildman–Crippen LogP) is 2.13. The molecule has 0 bridgehead atoms. The molecule has 0 saturated carbocycles. The van der Waals surface area contributed by atoms with Gasteiger partial charge in [0.2, 0.25) is 0 Å². The third-order valence-corrected chi connectivity index (χ3v) is 3.62. The van der Waals surface area contributed by atoms with Gasteiger partial charge < -0.3 is 4.74 Å². The molecule has 0 unspecified atom stereocenters. The van der Waals surface area contributed by atoms with Gasteiger partial charge in [-0.3, -0.25) is 25.7 Å². The number of hydrogen-bond acceptors (Lipinski definition) is 10. The van der Waals surface area contributed by atoms with Gasteiger partial charge in [-0.25, -0.2) is 4.79 Å². The highest BCUT2D eigenvalue weighted by molar-refractivity contribution is 6.36. The van der Waals surface area contributed by atoms with Crippen LogP contribution in [0.5, 0.6) is 0 Å². The topological polar surface area (TPSA) is 143 Å². The van der Waals surface area contributed by atoms with E-state index in [1.54, 1.807) is 13.0 Å². The molecule has 144 valence electrons. The summed E-state index contributed by atoms with van der Waals surface area (Å²) in [4.78, 5) is 33.1. The first kappa shape index (κ1) is 18.6. The molecule has 1 heterocycles. The maximum atomic E-state index is 12.1. The van der Waals surface area contributed by atoms with E-state index in [0.29, 0.717) is 0 Å². The summed E-state index contributed by atoms with van der Waals surface area (Å²) in [7, 11) is 0. The van der Waals surface area contributed by atoms with Crippen LogP contribution in [0.3, 0.4) is 0 Å². The van der Waals surface area contributed by atoms with Gasteiger partial charge in [0.25, 0.3) is 17.2 Å². The lowest BCUT2D eigenvalue weighted by Crippen LogP contribution is -2.46. The number of benzene rings is 2. The molecule has 0 amide bonds. The molecule has 1 aliphatic rings. The van der Waals surface area contributed by atoms with E-state index in [1.165, 1.54) is 52.7 Å². The van der Waals surface area contributed by atoms with Crippen LogP contribution in [0.1, 0.15) is 6.92 Å². The fourth-order valence-electron chi connectivity index (χ4n) is 2.41. The molecule has 0 aliphatic carbocycles. The number of hydrazone groups is 1. The first-order valence-corrected chi connectivity index (χ1v) is 8.02. The Kier molecular flexibility index (Phi) is 5.02. The van der Waals surface area contributed by atoms with Gasteiger partial charge >= 0.3 is 5.97 Å². The SMILES string of the molecule is CCOC(=O)C1=NN(c2cccc([N+](=O)[O-])c2)N(c2cccc([N+](=O)[O-])c2)N1. The predicted molar refractivity (Wildman–Crippen MR) is 98.4 cm³/mol. The maximum absolute atomic E-state index is 12.1. The number of nitro benzene ring substituents is 2. The zero-order valence-corrected chi connectivity index (χ0v) is 14.5. The molecular weight excluding hydrogens is 372 g/mol. The molecule has 12 heteroatoms. The zero-order chi connectivity index (χ0) is 20.3. The molecule has 28 heavy (non-hydrogen) atoms. The number of hydrogen-bond donors (Lipinski definition) is 1. The van der Waals surface area contributed by atoms with Crippen LogP contribution in [-0.2, 0) is 9.53 Å². The van der Waals surface area contributed by atoms with Crippen molar-refractivity contribution in [2.75, 3.05) is 16.8 Å². The average molecular weight is 386 g/mol. The van der Waals surface area contributed by atoms with Crippen molar-refractivity contribution in [3.63, 3.8) is 0 Å². The molecular formula is C16H14N6O6. The van der Waals surface area contributed by atoms with Gasteiger partial charge in [0.05, 0.1) is 27.8 Å². The number of nitrogens with one attached hydrogen (secondary N) is 1. The fraction of sp³-hybridized carbons (Fsp3) is 0.125. The van der Waals surface area contributed by atoms with Crippen LogP contribution in [0.15, 0.2) is 53.6 Å². The second-order valence-electron chi connectivity index (χ2n) is 5.44. The second kappa shape index (κ2) is 7.57. The van der Waals surface area contributed by atoms with Gasteiger partial charge in [-0.1, -0.05) is 12.1 Å². The minimum atomic E-state index is -0.745. The molecule has 3 rings (SSSR count). The van der Waals surface area contributed by atoms with Crippen molar-refractivity contribution in [3.8, 4) is 0 Å². The number of non-ortho nitro benzene ring substituents is 2. The molecule has 2 aromatic carbocycles. The van der Waals surface area contributed by atoms with Crippen LogP contribution in [0.25, 0.3) is 0 Å². The number of hydrazine groups is 2. The maximum Gasteiger partial charge on any atom is 0.377 e. The van der Waals surface area contributed by atoms with Crippen molar-refractivity contribution < 1.29 is 19.4 Å². The van der Waals surface area contributed by atoms with E-state index in [1.807, 2.05) is 0 Å². The quantitative estimate of drug-likeness (QED) is 0.448. The van der Waals surface area contributed by atoms with Gasteiger partial charge in [0.1, 0.15) is 0 Å². The van der Waals surface area contributed by atoms with E-state index in [4.69, 9.17) is 4.74 Å². The Morgan fingerprint density at radius 1 is 1.07 bits per heavy atom. The molecule has 0 aromatic heterocycles. The molecule has 0 atom stereocenters. The minimum Gasteiger partial charge on any atom is -0.460 e. The fourth-order valence-corrected chi connectivity index (χ4v) is 2.41. The van der Waals surface area contributed by atoms with Gasteiger partial charge in [-0.05, 0) is 19.1 Å². The first-order chi connectivity index (χ1) is 13.4. The number of nitro groups is 2. The van der Waals surface area contributed by atoms with Crippen molar-refractivity contribution in [3.05, 3.63) is 68.8 Å². The molecule has 2 aromatic rings. The molecule has 0 spiro atoms. The van der Waals surface area contributed by atoms with Crippen molar-refractivity contribution in [1.82, 2.24) is 5.43 Å². The van der Waals surface area contributed by atoms with Gasteiger partial charge in [-0.2, -0.15) is 10.2 Å². The van der Waals surface area contributed by atoms with Crippen LogP contribution in [-0.4, -0.2) is 28.3 Å². The number of carbonyl (C=O) groups excluding carboxylic acids is 1. The van der Waals surface area contributed by atoms with Crippen molar-refractivity contribution in [2.45, 2.75) is 6.92 Å². The van der Waals surface area contributed by atoms with Crippen LogP contribution in [0, 0.1) is 20.2 Å². The van der Waals surface area contributed by atoms with Gasteiger partial charge in [0.15, 0.2) is 0 Å². The third kappa shape index (κ3) is 3.65. The van der Waals surface area contributed by atoms with Crippen LogP contribution in [0.2, 0.25) is 0 Å². The van der Waals surface area contributed by atoms with E-state index in [9.17, 15) is 25.0 Å². The summed E-state index contributed by atoms with van der Waals surface area (Å²) in [6, 6.07) is 11.1. The Balaban J connectivity index is 2.04. The lowest BCUT2D eigenvalue weighted by molar-refractivity contribution is -0.385. The lowest BCUT2D eigenvalue weighted by Gasteiger charge is -2.27. The number of anilines is 2. The molecule has 0 radical (unpaired) electrons. The number of nitrogens with zero attached hydrogens (tertiary/aromatic N) is 5. The van der Waals surface area contributed by atoms with E-state index in [0.717, 1.165) is 0 Å². The molecule has 0 saturated heterocycles. The number of ether oxygens (including phenoxy) is 1. The smallest absolute Gasteiger partial charge is 0.377 e. The van der Waals surface area contributed by atoms with Crippen molar-refractivity contribution >= 4 is 34.6 Å². The van der Waals surface area contributed by atoms with Crippen LogP contribution >= 0.6 is 0 Å². The average Bonchev–Trinajstić information content (AvgIpc) is 3.14. The first-order valence-electron chi connectivity index (χ1n) is 8.02. The summed E-state index contributed by atoms with van der Waals surface area (Å²) in [5.74, 6) is -0.925. The van der Waals surface area contributed by atoms with E-state index >= 15 is 0 Å². The monoisotopic (exact) mass is 386 g/mol. The van der Waals surface area contributed by atoms with Crippen molar-refractivity contribution in [1.29, 1.82) is 0 Å². The Bertz CT molecular complexity index is 978. The van der Waals surface area contributed by atoms with Crippen LogP contribution in [0.4, 0.5) is 22.7 Å². The van der Waals surface area contributed by atoms with E-state index in [2.05, 4.69) is 10.5 Å². The standard InChI is InChI=1S/C16H14N6O6/c1-2-28-16(23)15-17-19(11-5-3-7-13(9-11)21(24)25)20(18-15)12-6-4-8-14(10-12)22(26)27/h3-10H,2H2,1H3,(H,17,18). The second-order valence-corrected chi connectivity index (χ2v) is 5.44. The summed E-state index contributed by atoms with van der Waals surface area (Å²) in [6.07, 6.45) is 0.